The molecule has 2 N–H and O–H groups in total. The van der Waals surface area contributed by atoms with Crippen LogP contribution in [-0.2, 0) is 6.42 Å². The first-order chi connectivity index (χ1) is 12.2. The van der Waals surface area contributed by atoms with Gasteiger partial charge in [0.1, 0.15) is 17.5 Å². The summed E-state index contributed by atoms with van der Waals surface area (Å²) < 4.78 is 5.71. The van der Waals surface area contributed by atoms with Crippen molar-refractivity contribution >= 4 is 17.6 Å². The largest absolute Gasteiger partial charge is 0.492 e. The maximum atomic E-state index is 5.79. The third-order valence-electron chi connectivity index (χ3n) is 3.49. The Hall–Kier alpha value is -2.27. The molecular weight excluding hydrogens is 336 g/mol. The summed E-state index contributed by atoms with van der Waals surface area (Å²) in [6.45, 7) is 6.86. The van der Waals surface area contributed by atoms with Gasteiger partial charge < -0.3 is 15.4 Å². The number of benzene rings is 1. The summed E-state index contributed by atoms with van der Waals surface area (Å²) in [6, 6.07) is 11.8. The van der Waals surface area contributed by atoms with Gasteiger partial charge in [-0.05, 0) is 44.0 Å². The molecule has 1 aromatic carbocycles. The molecule has 25 heavy (non-hydrogen) atoms. The fourth-order valence-electron chi connectivity index (χ4n) is 2.17. The van der Waals surface area contributed by atoms with Crippen molar-refractivity contribution in [1.82, 2.24) is 15.6 Å². The van der Waals surface area contributed by atoms with Gasteiger partial charge in [-0.3, -0.25) is 4.99 Å². The Bertz CT molecular complexity index is 656. The number of aromatic nitrogens is 1. The highest BCUT2D eigenvalue weighted by atomic mass is 35.5. The van der Waals surface area contributed by atoms with Crippen molar-refractivity contribution in [2.24, 2.45) is 4.99 Å². The number of hydrogen-bond donors (Lipinski definition) is 2. The number of aliphatic imine (C=N–C) groups is 1. The number of hydrogen-bond acceptors (Lipinski definition) is 3. The molecule has 0 aliphatic rings. The maximum absolute atomic E-state index is 5.79. The Morgan fingerprint density at radius 3 is 2.64 bits per heavy atom. The zero-order valence-electron chi connectivity index (χ0n) is 14.8. The van der Waals surface area contributed by atoms with Crippen LogP contribution < -0.4 is 15.4 Å². The van der Waals surface area contributed by atoms with Crippen molar-refractivity contribution in [3.05, 3.63) is 58.9 Å². The van der Waals surface area contributed by atoms with E-state index in [1.54, 1.807) is 12.3 Å². The van der Waals surface area contributed by atoms with Crippen LogP contribution >= 0.6 is 11.6 Å². The molecule has 0 fully saturated rings. The molecule has 0 unspecified atom stereocenters. The minimum absolute atomic E-state index is 0.510. The average molecular weight is 361 g/mol. The van der Waals surface area contributed by atoms with Crippen molar-refractivity contribution in [2.45, 2.75) is 20.3 Å². The van der Waals surface area contributed by atoms with E-state index in [2.05, 4.69) is 27.5 Å². The molecule has 0 radical (unpaired) electrons. The second-order valence-electron chi connectivity index (χ2n) is 5.59. The second-order valence-corrected chi connectivity index (χ2v) is 5.98. The lowest BCUT2D eigenvalue weighted by Crippen LogP contribution is -2.39. The fourth-order valence-corrected chi connectivity index (χ4v) is 2.28. The Balaban J connectivity index is 1.73. The van der Waals surface area contributed by atoms with Gasteiger partial charge in [-0.25, -0.2) is 4.98 Å². The summed E-state index contributed by atoms with van der Waals surface area (Å²) in [7, 11) is 0. The smallest absolute Gasteiger partial charge is 0.191 e. The molecule has 6 heteroatoms. The third kappa shape index (κ3) is 7.44. The molecular formula is C19H25ClN4O. The lowest BCUT2D eigenvalue weighted by Gasteiger charge is -2.12. The van der Waals surface area contributed by atoms with Gasteiger partial charge in [0.25, 0.3) is 0 Å². The van der Waals surface area contributed by atoms with Gasteiger partial charge in [0.2, 0.25) is 0 Å². The molecule has 134 valence electrons. The summed E-state index contributed by atoms with van der Waals surface area (Å²) in [5.74, 6) is 1.67. The molecule has 0 aliphatic heterocycles. The van der Waals surface area contributed by atoms with Crippen LogP contribution in [0, 0.1) is 6.92 Å². The first-order valence-corrected chi connectivity index (χ1v) is 8.87. The van der Waals surface area contributed by atoms with Crippen LogP contribution in [0.4, 0.5) is 0 Å². The normalized spacial score (nSPS) is 11.2. The summed E-state index contributed by atoms with van der Waals surface area (Å²) in [5.41, 5.74) is 2.34. The standard InChI is InChI=1S/C19H25ClN4O/c1-3-21-19(22-11-10-16-6-9-18(20)24-14-16)23-12-13-25-17-7-4-15(2)5-8-17/h4-9,14H,3,10-13H2,1-2H3,(H2,21,22,23). The van der Waals surface area contributed by atoms with E-state index in [1.165, 1.54) is 5.56 Å². The molecule has 1 aromatic heterocycles. The lowest BCUT2D eigenvalue weighted by atomic mass is 10.2. The monoisotopic (exact) mass is 360 g/mol. The van der Waals surface area contributed by atoms with Crippen LogP contribution in [-0.4, -0.2) is 37.2 Å². The quantitative estimate of drug-likeness (QED) is 0.328. The van der Waals surface area contributed by atoms with Gasteiger partial charge >= 0.3 is 0 Å². The number of nitrogens with zero attached hydrogens (tertiary/aromatic N) is 2. The first kappa shape index (κ1) is 19.1. The molecule has 0 amide bonds. The van der Waals surface area contributed by atoms with Crippen LogP contribution in [0.5, 0.6) is 5.75 Å². The van der Waals surface area contributed by atoms with Crippen molar-refractivity contribution in [1.29, 1.82) is 0 Å². The summed E-state index contributed by atoms with van der Waals surface area (Å²) >= 11 is 5.79. The summed E-state index contributed by atoms with van der Waals surface area (Å²) in [6.07, 6.45) is 2.61. The second kappa shape index (κ2) is 10.6. The summed E-state index contributed by atoms with van der Waals surface area (Å²) in [5, 5.41) is 7.02. The van der Waals surface area contributed by atoms with E-state index >= 15 is 0 Å². The minimum Gasteiger partial charge on any atom is -0.492 e. The van der Waals surface area contributed by atoms with Crippen LogP contribution in [0.3, 0.4) is 0 Å². The molecule has 0 bridgehead atoms. The lowest BCUT2D eigenvalue weighted by molar-refractivity contribution is 0.322. The Morgan fingerprint density at radius 1 is 1.16 bits per heavy atom. The third-order valence-corrected chi connectivity index (χ3v) is 3.71. The van der Waals surface area contributed by atoms with E-state index in [4.69, 9.17) is 16.3 Å². The van der Waals surface area contributed by atoms with E-state index in [0.717, 1.165) is 30.2 Å². The number of ether oxygens (including phenoxy) is 1. The van der Waals surface area contributed by atoms with Crippen molar-refractivity contribution in [2.75, 3.05) is 26.2 Å². The van der Waals surface area contributed by atoms with E-state index < -0.39 is 0 Å². The predicted octanol–water partition coefficient (Wildman–Crippen LogP) is 3.22. The van der Waals surface area contributed by atoms with Crippen LogP contribution in [0.2, 0.25) is 5.15 Å². The van der Waals surface area contributed by atoms with Gasteiger partial charge in [-0.2, -0.15) is 0 Å². The zero-order chi connectivity index (χ0) is 17.9. The van der Waals surface area contributed by atoms with Crippen molar-refractivity contribution in [3.8, 4) is 5.75 Å². The van der Waals surface area contributed by atoms with E-state index in [9.17, 15) is 0 Å². The van der Waals surface area contributed by atoms with Gasteiger partial charge in [0.15, 0.2) is 5.96 Å². The average Bonchev–Trinajstić information content (AvgIpc) is 2.62. The van der Waals surface area contributed by atoms with Crippen molar-refractivity contribution < 1.29 is 4.74 Å². The zero-order valence-corrected chi connectivity index (χ0v) is 15.5. The van der Waals surface area contributed by atoms with Gasteiger partial charge in [-0.15, -0.1) is 0 Å². The van der Waals surface area contributed by atoms with E-state index in [1.807, 2.05) is 37.3 Å². The number of rotatable bonds is 8. The maximum Gasteiger partial charge on any atom is 0.191 e. The molecule has 0 spiro atoms. The van der Waals surface area contributed by atoms with Crippen molar-refractivity contribution in [3.63, 3.8) is 0 Å². The minimum atomic E-state index is 0.510. The Labute approximate surface area is 154 Å². The Kier molecular flexibility index (Phi) is 8.05. The highest BCUT2D eigenvalue weighted by Crippen LogP contribution is 2.10. The van der Waals surface area contributed by atoms with E-state index in [0.29, 0.717) is 24.8 Å². The number of halogens is 1. The number of aryl methyl sites for hydroxylation is 1. The first-order valence-electron chi connectivity index (χ1n) is 8.49. The molecule has 0 saturated heterocycles. The molecule has 2 aromatic rings. The van der Waals surface area contributed by atoms with Crippen LogP contribution in [0.15, 0.2) is 47.6 Å². The SMILES string of the molecule is CCNC(=NCCc1ccc(Cl)nc1)NCCOc1ccc(C)cc1. The van der Waals surface area contributed by atoms with Gasteiger partial charge in [0.05, 0.1) is 6.54 Å². The number of pyridine rings is 1. The predicted molar refractivity (Wildman–Crippen MR) is 104 cm³/mol. The molecule has 2 rings (SSSR count). The van der Waals surface area contributed by atoms with Gasteiger partial charge in [-0.1, -0.05) is 35.4 Å². The molecule has 1 heterocycles. The van der Waals surface area contributed by atoms with Crippen LogP contribution in [0.25, 0.3) is 0 Å². The molecule has 0 atom stereocenters. The Morgan fingerprint density at radius 2 is 1.96 bits per heavy atom. The number of guanidine groups is 1. The molecule has 0 saturated carbocycles. The number of nitrogens with one attached hydrogen (secondary N) is 2. The molecule has 5 nitrogen and oxygen atoms in total. The van der Waals surface area contributed by atoms with Gasteiger partial charge in [0, 0.05) is 19.3 Å². The van der Waals surface area contributed by atoms with Crippen LogP contribution in [0.1, 0.15) is 18.1 Å². The topological polar surface area (TPSA) is 58.5 Å². The highest BCUT2D eigenvalue weighted by Gasteiger charge is 1.99. The highest BCUT2D eigenvalue weighted by molar-refractivity contribution is 6.29. The fraction of sp³-hybridized carbons (Fsp3) is 0.368. The summed E-state index contributed by atoms with van der Waals surface area (Å²) in [4.78, 5) is 8.64. The molecule has 0 aliphatic carbocycles. The van der Waals surface area contributed by atoms with E-state index in [-0.39, 0.29) is 0 Å².